The Morgan fingerprint density at radius 1 is 1.00 bits per heavy atom. The van der Waals surface area contributed by atoms with Crippen LogP contribution >= 0.6 is 0 Å². The van der Waals surface area contributed by atoms with Gasteiger partial charge in [0.2, 0.25) is 0 Å². The van der Waals surface area contributed by atoms with Crippen LogP contribution in [-0.2, 0) is 10.2 Å². The molecule has 2 aliphatic rings. The second-order valence-corrected chi connectivity index (χ2v) is 9.63. The van der Waals surface area contributed by atoms with Gasteiger partial charge in [0, 0.05) is 0 Å². The number of allylic oxidation sites excluding steroid dienone is 3. The molecule has 0 saturated carbocycles. The number of aliphatic carboxylic acids is 1. The largest absolute Gasteiger partial charge is 0.478 e. The maximum absolute atomic E-state index is 11.9. The van der Waals surface area contributed by atoms with Crippen molar-refractivity contribution >= 4 is 27.9 Å². The molecule has 1 N–H and O–H groups in total. The van der Waals surface area contributed by atoms with Crippen LogP contribution in [0.15, 0.2) is 78.4 Å². The van der Waals surface area contributed by atoms with E-state index in [0.717, 1.165) is 35.8 Å². The van der Waals surface area contributed by atoms with E-state index in [2.05, 4.69) is 81.4 Å². The molecular formula is C30H28O2. The normalized spacial score (nSPS) is 17.3. The van der Waals surface area contributed by atoms with Crippen molar-refractivity contribution in [2.24, 2.45) is 0 Å². The molecule has 2 aliphatic carbocycles. The minimum Gasteiger partial charge on any atom is -0.478 e. The van der Waals surface area contributed by atoms with Gasteiger partial charge in [0.25, 0.3) is 0 Å². The highest BCUT2D eigenvalue weighted by molar-refractivity contribution is 6.05. The molecule has 0 heterocycles. The number of hydrogen-bond donors (Lipinski definition) is 1. The number of hydrogen-bond acceptors (Lipinski definition) is 1. The smallest absolute Gasteiger partial charge is 0.335 e. The van der Waals surface area contributed by atoms with Crippen molar-refractivity contribution in [2.45, 2.75) is 45.4 Å². The molecule has 0 atom stereocenters. The Morgan fingerprint density at radius 2 is 1.78 bits per heavy atom. The number of benzene rings is 3. The maximum atomic E-state index is 11.9. The van der Waals surface area contributed by atoms with Gasteiger partial charge in [0.05, 0.1) is 5.57 Å². The zero-order valence-electron chi connectivity index (χ0n) is 18.9. The van der Waals surface area contributed by atoms with Gasteiger partial charge in [-0.25, -0.2) is 4.79 Å². The number of fused-ring (bicyclic) bond motifs is 2. The third kappa shape index (κ3) is 3.40. The van der Waals surface area contributed by atoms with Crippen molar-refractivity contribution in [1.82, 2.24) is 0 Å². The zero-order valence-corrected chi connectivity index (χ0v) is 18.9. The lowest BCUT2D eigenvalue weighted by molar-refractivity contribution is -0.132. The van der Waals surface area contributed by atoms with Crippen molar-refractivity contribution in [3.8, 4) is 0 Å². The van der Waals surface area contributed by atoms with Crippen LogP contribution in [0.2, 0.25) is 0 Å². The molecule has 0 spiro atoms. The quantitative estimate of drug-likeness (QED) is 0.478. The van der Waals surface area contributed by atoms with E-state index >= 15 is 0 Å². The zero-order chi connectivity index (χ0) is 22.5. The van der Waals surface area contributed by atoms with E-state index < -0.39 is 5.97 Å². The summed E-state index contributed by atoms with van der Waals surface area (Å²) < 4.78 is 0. The summed E-state index contributed by atoms with van der Waals surface area (Å²) in [5, 5.41) is 12.1. The van der Waals surface area contributed by atoms with E-state index in [1.807, 2.05) is 6.08 Å². The van der Waals surface area contributed by atoms with Gasteiger partial charge in [-0.15, -0.1) is 0 Å². The molecule has 2 heteroatoms. The van der Waals surface area contributed by atoms with Crippen LogP contribution in [0.5, 0.6) is 0 Å². The summed E-state index contributed by atoms with van der Waals surface area (Å²) >= 11 is 0. The summed E-state index contributed by atoms with van der Waals surface area (Å²) in [6, 6.07) is 19.7. The first-order valence-electron chi connectivity index (χ1n) is 11.3. The number of carboxylic acid groups (broad SMARTS) is 1. The predicted octanol–water partition coefficient (Wildman–Crippen LogP) is 7.45. The van der Waals surface area contributed by atoms with Crippen molar-refractivity contribution in [3.63, 3.8) is 0 Å². The number of carboxylic acids is 1. The Morgan fingerprint density at radius 3 is 2.53 bits per heavy atom. The monoisotopic (exact) mass is 420 g/mol. The molecule has 3 aromatic rings. The van der Waals surface area contributed by atoms with Gasteiger partial charge in [0.1, 0.15) is 0 Å². The van der Waals surface area contributed by atoms with Crippen LogP contribution < -0.4 is 0 Å². The fourth-order valence-corrected chi connectivity index (χ4v) is 5.10. The molecule has 0 aromatic heterocycles. The minimum absolute atomic E-state index is 0.0484. The van der Waals surface area contributed by atoms with Crippen molar-refractivity contribution < 1.29 is 9.90 Å². The summed E-state index contributed by atoms with van der Waals surface area (Å²) in [7, 11) is 0. The number of rotatable bonds is 3. The predicted molar refractivity (Wildman–Crippen MR) is 133 cm³/mol. The minimum atomic E-state index is -0.854. The first kappa shape index (κ1) is 20.5. The van der Waals surface area contributed by atoms with E-state index in [-0.39, 0.29) is 5.41 Å². The van der Waals surface area contributed by atoms with Gasteiger partial charge < -0.3 is 5.11 Å². The Labute approximate surface area is 189 Å². The van der Waals surface area contributed by atoms with Crippen LogP contribution in [-0.4, -0.2) is 11.1 Å². The average molecular weight is 421 g/mol. The molecule has 0 aliphatic heterocycles. The Kier molecular flexibility index (Phi) is 4.89. The Balaban J connectivity index is 1.78. The van der Waals surface area contributed by atoms with Crippen LogP contribution in [0.3, 0.4) is 0 Å². The molecule has 0 bridgehead atoms. The number of aryl methyl sites for hydroxylation is 1. The van der Waals surface area contributed by atoms with Crippen molar-refractivity contribution in [2.75, 3.05) is 0 Å². The number of carbonyl (C=O) groups is 1. The van der Waals surface area contributed by atoms with Gasteiger partial charge in [0.15, 0.2) is 0 Å². The fraction of sp³-hybridized carbons (Fsp3) is 0.233. The van der Waals surface area contributed by atoms with Gasteiger partial charge in [-0.05, 0) is 87.9 Å². The summed E-state index contributed by atoms with van der Waals surface area (Å²) in [6.45, 7) is 6.73. The van der Waals surface area contributed by atoms with E-state index in [0.29, 0.717) is 5.57 Å². The highest BCUT2D eigenvalue weighted by Gasteiger charge is 2.29. The van der Waals surface area contributed by atoms with Crippen LogP contribution in [0.4, 0.5) is 0 Å². The lowest BCUT2D eigenvalue weighted by Crippen LogP contribution is -2.22. The molecular weight excluding hydrogens is 392 g/mol. The van der Waals surface area contributed by atoms with E-state index in [4.69, 9.17) is 0 Å². The van der Waals surface area contributed by atoms with Crippen molar-refractivity contribution in [3.05, 3.63) is 106 Å². The van der Waals surface area contributed by atoms with E-state index in [1.165, 1.54) is 33.2 Å². The average Bonchev–Trinajstić information content (AvgIpc) is 2.79. The summed E-state index contributed by atoms with van der Waals surface area (Å²) in [6.07, 6.45) is 8.70. The first-order valence-corrected chi connectivity index (χ1v) is 11.3. The standard InChI is InChI=1S/C30H28O2/c1-19-11-13-20(14-12-19)22-15-16-30(2,3)28-17-21-7-6-10-24(26(21)18-27(22)28)23-8-4-5-9-25(23)29(31)32/h5-7,9-15,17-18H,4,8,16H2,1-3H3,(H,31,32). The van der Waals surface area contributed by atoms with Crippen molar-refractivity contribution in [1.29, 1.82) is 0 Å². The molecule has 160 valence electrons. The van der Waals surface area contributed by atoms with E-state index in [9.17, 15) is 9.90 Å². The first-order chi connectivity index (χ1) is 15.3. The van der Waals surface area contributed by atoms with Gasteiger partial charge in [-0.3, -0.25) is 0 Å². The SMILES string of the molecule is Cc1ccc(C2=CCC(C)(C)c3cc4cccc(C5=C(C(=O)O)C=CCC5)c4cc32)cc1. The molecule has 0 radical (unpaired) electrons. The molecule has 3 aromatic carbocycles. The Bertz CT molecular complexity index is 1330. The van der Waals surface area contributed by atoms with Crippen LogP contribution in [0.25, 0.3) is 21.9 Å². The highest BCUT2D eigenvalue weighted by atomic mass is 16.4. The molecule has 0 saturated heterocycles. The van der Waals surface area contributed by atoms with Crippen LogP contribution in [0.1, 0.15) is 60.9 Å². The third-order valence-electron chi connectivity index (χ3n) is 6.94. The molecule has 0 amide bonds. The molecule has 5 rings (SSSR count). The molecule has 0 fully saturated rings. The Hall–Kier alpha value is -3.39. The summed E-state index contributed by atoms with van der Waals surface area (Å²) in [5.74, 6) is -0.854. The second-order valence-electron chi connectivity index (χ2n) is 9.63. The third-order valence-corrected chi connectivity index (χ3v) is 6.94. The van der Waals surface area contributed by atoms with Gasteiger partial charge in [-0.1, -0.05) is 80.1 Å². The van der Waals surface area contributed by atoms with Gasteiger partial charge in [-0.2, -0.15) is 0 Å². The lowest BCUT2D eigenvalue weighted by atomic mass is 9.71. The maximum Gasteiger partial charge on any atom is 0.335 e. The summed E-state index contributed by atoms with van der Waals surface area (Å²) in [4.78, 5) is 11.9. The van der Waals surface area contributed by atoms with Crippen LogP contribution in [0, 0.1) is 6.92 Å². The van der Waals surface area contributed by atoms with E-state index in [1.54, 1.807) is 6.08 Å². The molecule has 0 unspecified atom stereocenters. The summed E-state index contributed by atoms with van der Waals surface area (Å²) in [5.41, 5.74) is 8.81. The highest BCUT2D eigenvalue weighted by Crippen LogP contribution is 2.44. The lowest BCUT2D eigenvalue weighted by Gasteiger charge is -2.33. The topological polar surface area (TPSA) is 37.3 Å². The molecule has 2 nitrogen and oxygen atoms in total. The second kappa shape index (κ2) is 7.63. The fourth-order valence-electron chi connectivity index (χ4n) is 5.10. The molecule has 32 heavy (non-hydrogen) atoms. The van der Waals surface area contributed by atoms with Gasteiger partial charge >= 0.3 is 5.97 Å².